The van der Waals surface area contributed by atoms with Gasteiger partial charge in [0.05, 0.1) is 16.4 Å². The van der Waals surface area contributed by atoms with E-state index in [1.165, 1.54) is 6.07 Å². The standard InChI is InChI=1S/C12H18N4O4S/c1-3-13-11-5-4-10(16(17)18)12(14-11)15(2)9-6-7-21(19,20)8-9/h4-5,9H,3,6-8H2,1-2H3,(H,13,14). The molecule has 1 aromatic rings. The Labute approximate surface area is 123 Å². The van der Waals surface area contributed by atoms with Gasteiger partial charge >= 0.3 is 5.69 Å². The molecule has 1 aliphatic rings. The number of nitrogens with zero attached hydrogens (tertiary/aromatic N) is 3. The molecule has 1 unspecified atom stereocenters. The van der Waals surface area contributed by atoms with Gasteiger partial charge in [0.2, 0.25) is 5.82 Å². The first-order valence-corrected chi connectivity index (χ1v) is 8.48. The van der Waals surface area contributed by atoms with Crippen molar-refractivity contribution in [2.45, 2.75) is 19.4 Å². The van der Waals surface area contributed by atoms with Crippen LogP contribution in [0, 0.1) is 10.1 Å². The molecular weight excluding hydrogens is 296 g/mol. The topological polar surface area (TPSA) is 105 Å². The highest BCUT2D eigenvalue weighted by Crippen LogP contribution is 2.30. The van der Waals surface area contributed by atoms with E-state index < -0.39 is 14.8 Å². The Kier molecular flexibility index (Phi) is 4.31. The van der Waals surface area contributed by atoms with Gasteiger partial charge in [-0.1, -0.05) is 0 Å². The van der Waals surface area contributed by atoms with E-state index in [0.717, 1.165) is 0 Å². The summed E-state index contributed by atoms with van der Waals surface area (Å²) in [7, 11) is -1.41. The quantitative estimate of drug-likeness (QED) is 0.639. The number of pyridine rings is 1. The number of hydrogen-bond acceptors (Lipinski definition) is 7. The molecule has 1 fully saturated rings. The smallest absolute Gasteiger partial charge is 0.311 e. The van der Waals surface area contributed by atoms with Gasteiger partial charge in [-0.3, -0.25) is 10.1 Å². The highest BCUT2D eigenvalue weighted by molar-refractivity contribution is 7.91. The van der Waals surface area contributed by atoms with Gasteiger partial charge in [0.15, 0.2) is 9.84 Å². The summed E-state index contributed by atoms with van der Waals surface area (Å²) in [6.07, 6.45) is 0.461. The van der Waals surface area contributed by atoms with Gasteiger partial charge in [-0.05, 0) is 19.4 Å². The van der Waals surface area contributed by atoms with Gasteiger partial charge in [0.25, 0.3) is 0 Å². The summed E-state index contributed by atoms with van der Waals surface area (Å²) in [5, 5.41) is 14.1. The molecule has 2 rings (SSSR count). The summed E-state index contributed by atoms with van der Waals surface area (Å²) in [5.41, 5.74) is -0.122. The first-order chi connectivity index (χ1) is 9.84. The van der Waals surface area contributed by atoms with Gasteiger partial charge in [0, 0.05) is 25.7 Å². The van der Waals surface area contributed by atoms with E-state index in [9.17, 15) is 18.5 Å². The molecule has 1 aliphatic heterocycles. The summed E-state index contributed by atoms with van der Waals surface area (Å²) in [6, 6.07) is 2.66. The van der Waals surface area contributed by atoms with E-state index in [-0.39, 0.29) is 29.1 Å². The first kappa shape index (κ1) is 15.5. The third-order valence-corrected chi connectivity index (χ3v) is 5.25. The predicted molar refractivity (Wildman–Crippen MR) is 80.5 cm³/mol. The zero-order chi connectivity index (χ0) is 15.6. The molecule has 21 heavy (non-hydrogen) atoms. The maximum absolute atomic E-state index is 11.6. The minimum Gasteiger partial charge on any atom is -0.370 e. The van der Waals surface area contributed by atoms with Gasteiger partial charge in [-0.2, -0.15) is 0 Å². The van der Waals surface area contributed by atoms with Crippen molar-refractivity contribution in [3.63, 3.8) is 0 Å². The van der Waals surface area contributed by atoms with Crippen molar-refractivity contribution in [1.82, 2.24) is 4.98 Å². The highest BCUT2D eigenvalue weighted by atomic mass is 32.2. The van der Waals surface area contributed by atoms with E-state index in [2.05, 4.69) is 10.3 Å². The van der Waals surface area contributed by atoms with Gasteiger partial charge < -0.3 is 10.2 Å². The number of aromatic nitrogens is 1. The summed E-state index contributed by atoms with van der Waals surface area (Å²) in [5.74, 6) is 0.850. The SMILES string of the molecule is CCNc1ccc([N+](=O)[O-])c(N(C)C2CCS(=O)(=O)C2)n1. The van der Waals surface area contributed by atoms with Gasteiger partial charge in [0.1, 0.15) is 5.82 Å². The van der Waals surface area contributed by atoms with Crippen LogP contribution in [0.25, 0.3) is 0 Å². The van der Waals surface area contributed by atoms with Crippen molar-refractivity contribution in [2.75, 3.05) is 35.3 Å². The zero-order valence-corrected chi connectivity index (χ0v) is 12.8. The van der Waals surface area contributed by atoms with Crippen LogP contribution in [-0.4, -0.2) is 49.5 Å². The van der Waals surface area contributed by atoms with E-state index in [4.69, 9.17) is 0 Å². The Morgan fingerprint density at radius 2 is 2.24 bits per heavy atom. The second-order valence-corrected chi connectivity index (χ2v) is 7.22. The molecule has 2 heterocycles. The molecule has 0 aliphatic carbocycles. The molecule has 0 radical (unpaired) electrons. The first-order valence-electron chi connectivity index (χ1n) is 6.66. The van der Waals surface area contributed by atoms with Crippen molar-refractivity contribution in [1.29, 1.82) is 0 Å². The van der Waals surface area contributed by atoms with Crippen LogP contribution in [0.15, 0.2) is 12.1 Å². The Balaban J connectivity index is 2.35. The van der Waals surface area contributed by atoms with Crippen molar-refractivity contribution < 1.29 is 13.3 Å². The Morgan fingerprint density at radius 1 is 1.52 bits per heavy atom. The molecule has 116 valence electrons. The van der Waals surface area contributed by atoms with E-state index >= 15 is 0 Å². The lowest BCUT2D eigenvalue weighted by molar-refractivity contribution is -0.384. The molecule has 1 aromatic heterocycles. The number of sulfone groups is 1. The average molecular weight is 314 g/mol. The molecule has 0 amide bonds. The maximum atomic E-state index is 11.6. The number of nitro groups is 1. The fourth-order valence-electron chi connectivity index (χ4n) is 2.38. The van der Waals surface area contributed by atoms with Crippen LogP contribution in [0.4, 0.5) is 17.3 Å². The molecule has 1 N–H and O–H groups in total. The van der Waals surface area contributed by atoms with Crippen LogP contribution in [0.1, 0.15) is 13.3 Å². The van der Waals surface area contributed by atoms with E-state index in [1.807, 2.05) is 6.92 Å². The van der Waals surface area contributed by atoms with E-state index in [0.29, 0.717) is 18.8 Å². The molecule has 0 aromatic carbocycles. The van der Waals surface area contributed by atoms with Crippen LogP contribution in [-0.2, 0) is 9.84 Å². The monoisotopic (exact) mass is 314 g/mol. The second-order valence-electron chi connectivity index (χ2n) is 4.99. The van der Waals surface area contributed by atoms with Crippen molar-refractivity contribution in [2.24, 2.45) is 0 Å². The van der Waals surface area contributed by atoms with E-state index in [1.54, 1.807) is 18.0 Å². The number of anilines is 2. The lowest BCUT2D eigenvalue weighted by Crippen LogP contribution is -2.33. The minimum atomic E-state index is -3.06. The highest BCUT2D eigenvalue weighted by Gasteiger charge is 2.33. The average Bonchev–Trinajstić information content (AvgIpc) is 2.78. The van der Waals surface area contributed by atoms with Gasteiger partial charge in [-0.15, -0.1) is 0 Å². The van der Waals surface area contributed by atoms with Gasteiger partial charge in [-0.25, -0.2) is 13.4 Å². The largest absolute Gasteiger partial charge is 0.370 e. The Hall–Kier alpha value is -1.90. The van der Waals surface area contributed by atoms with Crippen LogP contribution >= 0.6 is 0 Å². The van der Waals surface area contributed by atoms with Crippen LogP contribution in [0.2, 0.25) is 0 Å². The molecule has 0 spiro atoms. The van der Waals surface area contributed by atoms with Crippen LogP contribution < -0.4 is 10.2 Å². The normalized spacial score (nSPS) is 20.2. The molecule has 0 bridgehead atoms. The molecular formula is C12H18N4O4S. The second kappa shape index (κ2) is 5.84. The summed E-state index contributed by atoms with van der Waals surface area (Å²) >= 11 is 0. The van der Waals surface area contributed by atoms with Crippen LogP contribution in [0.5, 0.6) is 0 Å². The Bertz CT molecular complexity index is 647. The predicted octanol–water partition coefficient (Wildman–Crippen LogP) is 1.04. The molecule has 9 heteroatoms. The number of hydrogen-bond donors (Lipinski definition) is 1. The van der Waals surface area contributed by atoms with Crippen molar-refractivity contribution in [3.05, 3.63) is 22.2 Å². The molecule has 8 nitrogen and oxygen atoms in total. The Morgan fingerprint density at radius 3 is 2.76 bits per heavy atom. The molecule has 1 atom stereocenters. The number of nitrogens with one attached hydrogen (secondary N) is 1. The fraction of sp³-hybridized carbons (Fsp3) is 0.583. The lowest BCUT2D eigenvalue weighted by Gasteiger charge is -2.24. The molecule has 1 saturated heterocycles. The lowest BCUT2D eigenvalue weighted by atomic mass is 10.2. The fourth-order valence-corrected chi connectivity index (χ4v) is 4.15. The zero-order valence-electron chi connectivity index (χ0n) is 11.9. The molecule has 0 saturated carbocycles. The minimum absolute atomic E-state index is 0.00771. The van der Waals surface area contributed by atoms with Crippen molar-refractivity contribution in [3.8, 4) is 0 Å². The third kappa shape index (κ3) is 3.41. The van der Waals surface area contributed by atoms with Crippen molar-refractivity contribution >= 4 is 27.2 Å². The third-order valence-electron chi connectivity index (χ3n) is 3.50. The number of rotatable bonds is 5. The van der Waals surface area contributed by atoms with Crippen LogP contribution in [0.3, 0.4) is 0 Å². The maximum Gasteiger partial charge on any atom is 0.311 e. The summed E-state index contributed by atoms with van der Waals surface area (Å²) in [4.78, 5) is 16.5. The summed E-state index contributed by atoms with van der Waals surface area (Å²) < 4.78 is 23.1. The summed E-state index contributed by atoms with van der Waals surface area (Å²) in [6.45, 7) is 2.54.